The Bertz CT molecular complexity index is 304. The largest absolute Gasteiger partial charge is 0.155 e. The van der Waals surface area contributed by atoms with Crippen LogP contribution in [0.2, 0.25) is 10.3 Å². The molecule has 1 heterocycles. The molecule has 0 atom stereocenters. The summed E-state index contributed by atoms with van der Waals surface area (Å²) in [5.41, 5.74) is 1.98. The summed E-state index contributed by atoms with van der Waals surface area (Å²) in [7, 11) is 0. The minimum Gasteiger partial charge on any atom is -0.137 e. The van der Waals surface area contributed by atoms with Crippen LogP contribution in [-0.4, -0.2) is 14.6 Å². The normalized spacial score (nSPS) is 10.5. The predicted octanol–water partition coefficient (Wildman–Crippen LogP) is 3.46. The standard InChI is InChI=1S/C8H9Cl2IN2/c1-5-6(3-2-4-11)8(10)13-12-7(5)9/h2-4H2,1H3. The molecule has 0 aliphatic rings. The lowest BCUT2D eigenvalue weighted by atomic mass is 10.1. The number of hydrogen-bond acceptors (Lipinski definition) is 2. The SMILES string of the molecule is Cc1c(Cl)nnc(Cl)c1CCCI. The van der Waals surface area contributed by atoms with Crippen LogP contribution < -0.4 is 0 Å². The minimum atomic E-state index is 0.452. The van der Waals surface area contributed by atoms with E-state index in [-0.39, 0.29) is 0 Å². The molecule has 0 bridgehead atoms. The number of hydrogen-bond donors (Lipinski definition) is 0. The number of halogens is 3. The van der Waals surface area contributed by atoms with Crippen molar-refractivity contribution in [1.29, 1.82) is 0 Å². The summed E-state index contributed by atoms with van der Waals surface area (Å²) < 4.78 is 1.10. The van der Waals surface area contributed by atoms with E-state index in [1.165, 1.54) is 0 Å². The molecule has 0 aliphatic heterocycles. The highest BCUT2D eigenvalue weighted by Gasteiger charge is 2.09. The fourth-order valence-corrected chi connectivity index (χ4v) is 1.84. The lowest BCUT2D eigenvalue weighted by Crippen LogP contribution is -1.98. The summed E-state index contributed by atoms with van der Waals surface area (Å²) in [6, 6.07) is 0. The molecule has 0 N–H and O–H groups in total. The lowest BCUT2D eigenvalue weighted by Gasteiger charge is -2.06. The van der Waals surface area contributed by atoms with Crippen LogP contribution in [0.5, 0.6) is 0 Å². The Labute approximate surface area is 101 Å². The van der Waals surface area contributed by atoms with Crippen molar-refractivity contribution < 1.29 is 0 Å². The Kier molecular flexibility index (Phi) is 4.69. The Morgan fingerprint density at radius 3 is 2.46 bits per heavy atom. The Hall–Kier alpha value is 0.390. The Balaban J connectivity index is 2.96. The van der Waals surface area contributed by atoms with E-state index in [2.05, 4.69) is 32.8 Å². The highest BCUT2D eigenvalue weighted by molar-refractivity contribution is 14.1. The molecule has 0 aliphatic carbocycles. The summed E-state index contributed by atoms with van der Waals surface area (Å²) in [5.74, 6) is 0. The maximum absolute atomic E-state index is 5.90. The summed E-state index contributed by atoms with van der Waals surface area (Å²) in [6.07, 6.45) is 2.01. The summed E-state index contributed by atoms with van der Waals surface area (Å²) >= 11 is 14.1. The van der Waals surface area contributed by atoms with E-state index in [1.807, 2.05) is 6.92 Å². The van der Waals surface area contributed by atoms with Crippen LogP contribution in [0.1, 0.15) is 17.5 Å². The van der Waals surface area contributed by atoms with Gasteiger partial charge >= 0.3 is 0 Å². The van der Waals surface area contributed by atoms with E-state index in [0.717, 1.165) is 28.4 Å². The van der Waals surface area contributed by atoms with Crippen molar-refractivity contribution in [3.63, 3.8) is 0 Å². The van der Waals surface area contributed by atoms with Crippen LogP contribution in [0.25, 0.3) is 0 Å². The van der Waals surface area contributed by atoms with Crippen molar-refractivity contribution in [1.82, 2.24) is 10.2 Å². The van der Waals surface area contributed by atoms with Gasteiger partial charge in [-0.2, -0.15) is 0 Å². The second-order valence-corrected chi connectivity index (χ2v) is 4.47. The van der Waals surface area contributed by atoms with Gasteiger partial charge in [0.1, 0.15) is 0 Å². The predicted molar refractivity (Wildman–Crippen MR) is 64.0 cm³/mol. The molecule has 0 saturated carbocycles. The number of alkyl halides is 1. The van der Waals surface area contributed by atoms with Crippen LogP contribution >= 0.6 is 45.8 Å². The van der Waals surface area contributed by atoms with Crippen LogP contribution in [0, 0.1) is 6.92 Å². The van der Waals surface area contributed by atoms with Crippen LogP contribution in [0.4, 0.5) is 0 Å². The van der Waals surface area contributed by atoms with E-state index < -0.39 is 0 Å². The third-order valence-corrected chi connectivity index (χ3v) is 3.22. The molecule has 1 rings (SSSR count). The zero-order chi connectivity index (χ0) is 9.84. The van der Waals surface area contributed by atoms with E-state index in [1.54, 1.807) is 0 Å². The number of nitrogens with zero attached hydrogens (tertiary/aromatic N) is 2. The van der Waals surface area contributed by atoms with Crippen molar-refractivity contribution in [2.75, 3.05) is 4.43 Å². The second kappa shape index (κ2) is 5.32. The molecule has 0 fully saturated rings. The van der Waals surface area contributed by atoms with E-state index in [9.17, 15) is 0 Å². The average Bonchev–Trinajstić information content (AvgIpc) is 2.12. The summed E-state index contributed by atoms with van der Waals surface area (Å²) in [4.78, 5) is 0. The molecule has 5 heteroatoms. The van der Waals surface area contributed by atoms with E-state index >= 15 is 0 Å². The maximum Gasteiger partial charge on any atom is 0.155 e. The van der Waals surface area contributed by atoms with E-state index in [4.69, 9.17) is 23.2 Å². The molecule has 0 spiro atoms. The van der Waals surface area contributed by atoms with Crippen LogP contribution in [-0.2, 0) is 6.42 Å². The zero-order valence-corrected chi connectivity index (χ0v) is 10.8. The molecule has 0 unspecified atom stereocenters. The highest BCUT2D eigenvalue weighted by Crippen LogP contribution is 2.23. The Morgan fingerprint density at radius 2 is 1.85 bits per heavy atom. The molecule has 13 heavy (non-hydrogen) atoms. The fraction of sp³-hybridized carbons (Fsp3) is 0.500. The van der Waals surface area contributed by atoms with Gasteiger partial charge in [0, 0.05) is 0 Å². The third kappa shape index (κ3) is 2.92. The van der Waals surface area contributed by atoms with Crippen molar-refractivity contribution >= 4 is 45.8 Å². The first-order valence-electron chi connectivity index (χ1n) is 3.90. The summed E-state index contributed by atoms with van der Waals surface area (Å²) in [5, 5.41) is 8.43. The first kappa shape index (κ1) is 11.5. The quantitative estimate of drug-likeness (QED) is 0.626. The monoisotopic (exact) mass is 330 g/mol. The van der Waals surface area contributed by atoms with Gasteiger partial charge in [0.05, 0.1) is 0 Å². The van der Waals surface area contributed by atoms with Gasteiger partial charge in [-0.15, -0.1) is 10.2 Å². The molecule has 2 nitrogen and oxygen atoms in total. The molecule has 72 valence electrons. The molecule has 0 radical (unpaired) electrons. The smallest absolute Gasteiger partial charge is 0.137 e. The third-order valence-electron chi connectivity index (χ3n) is 1.80. The number of aromatic nitrogens is 2. The molecular formula is C8H9Cl2IN2. The van der Waals surface area contributed by atoms with E-state index in [0.29, 0.717) is 10.3 Å². The molecular weight excluding hydrogens is 322 g/mol. The molecule has 0 saturated heterocycles. The molecule has 1 aromatic heterocycles. The first-order valence-corrected chi connectivity index (χ1v) is 6.18. The van der Waals surface area contributed by atoms with Crippen molar-refractivity contribution in [2.24, 2.45) is 0 Å². The van der Waals surface area contributed by atoms with Crippen LogP contribution in [0.3, 0.4) is 0 Å². The van der Waals surface area contributed by atoms with Gasteiger partial charge in [-0.25, -0.2) is 0 Å². The lowest BCUT2D eigenvalue weighted by molar-refractivity contribution is 0.894. The molecule has 0 amide bonds. The van der Waals surface area contributed by atoms with Crippen molar-refractivity contribution in [3.05, 3.63) is 21.4 Å². The van der Waals surface area contributed by atoms with Crippen molar-refractivity contribution in [2.45, 2.75) is 19.8 Å². The van der Waals surface area contributed by atoms with Gasteiger partial charge in [-0.1, -0.05) is 45.8 Å². The van der Waals surface area contributed by atoms with Crippen LogP contribution in [0.15, 0.2) is 0 Å². The minimum absolute atomic E-state index is 0.452. The topological polar surface area (TPSA) is 25.8 Å². The van der Waals surface area contributed by atoms with Gasteiger partial charge in [0.15, 0.2) is 10.3 Å². The first-order chi connectivity index (χ1) is 6.16. The maximum atomic E-state index is 5.90. The molecule has 0 aromatic carbocycles. The van der Waals surface area contributed by atoms with Gasteiger partial charge < -0.3 is 0 Å². The number of rotatable bonds is 3. The zero-order valence-electron chi connectivity index (χ0n) is 7.15. The van der Waals surface area contributed by atoms with Gasteiger partial charge in [-0.3, -0.25) is 0 Å². The molecule has 1 aromatic rings. The van der Waals surface area contributed by atoms with Crippen molar-refractivity contribution in [3.8, 4) is 0 Å². The average molecular weight is 331 g/mol. The van der Waals surface area contributed by atoms with Gasteiger partial charge in [0.2, 0.25) is 0 Å². The fourth-order valence-electron chi connectivity index (χ4n) is 1.04. The summed E-state index contributed by atoms with van der Waals surface area (Å²) in [6.45, 7) is 1.92. The highest BCUT2D eigenvalue weighted by atomic mass is 127. The van der Waals surface area contributed by atoms with Gasteiger partial charge in [0.25, 0.3) is 0 Å². The Morgan fingerprint density at radius 1 is 1.23 bits per heavy atom. The van der Waals surface area contributed by atoms with Gasteiger partial charge in [-0.05, 0) is 35.3 Å². The second-order valence-electron chi connectivity index (χ2n) is 2.68.